The highest BCUT2D eigenvalue weighted by molar-refractivity contribution is 5.97. The second-order valence-electron chi connectivity index (χ2n) is 3.87. The predicted octanol–water partition coefficient (Wildman–Crippen LogP) is 2.48. The van der Waals surface area contributed by atoms with E-state index in [0.29, 0.717) is 13.0 Å². The highest BCUT2D eigenvalue weighted by Gasteiger charge is 2.31. The van der Waals surface area contributed by atoms with E-state index in [2.05, 4.69) is 0 Å². The number of benzene rings is 1. The fourth-order valence-electron chi connectivity index (χ4n) is 1.79. The third kappa shape index (κ3) is 1.56. The number of anilines is 1. The number of halogens is 3. The third-order valence-corrected chi connectivity index (χ3v) is 2.78. The van der Waals surface area contributed by atoms with Crippen molar-refractivity contribution in [3.63, 3.8) is 0 Å². The maximum atomic E-state index is 13.4. The van der Waals surface area contributed by atoms with Gasteiger partial charge in [0.25, 0.3) is 0 Å². The molecule has 0 bridgehead atoms. The van der Waals surface area contributed by atoms with Crippen molar-refractivity contribution in [1.29, 1.82) is 0 Å². The van der Waals surface area contributed by atoms with Crippen molar-refractivity contribution < 1.29 is 18.0 Å². The van der Waals surface area contributed by atoms with Gasteiger partial charge in [0.05, 0.1) is 5.69 Å². The summed E-state index contributed by atoms with van der Waals surface area (Å²) >= 11 is 0. The Labute approximate surface area is 90.7 Å². The van der Waals surface area contributed by atoms with Gasteiger partial charge in [-0.25, -0.2) is 13.2 Å². The maximum absolute atomic E-state index is 13.4. The Morgan fingerprint density at radius 2 is 1.94 bits per heavy atom. The molecule has 1 saturated heterocycles. The lowest BCUT2D eigenvalue weighted by molar-refractivity contribution is -0.119. The molecule has 0 radical (unpaired) electrons. The van der Waals surface area contributed by atoms with Crippen molar-refractivity contribution in [3.05, 3.63) is 29.6 Å². The summed E-state index contributed by atoms with van der Waals surface area (Å²) in [5, 5.41) is 0. The molecule has 0 aromatic heterocycles. The first-order valence-corrected chi connectivity index (χ1v) is 4.97. The SMILES string of the molecule is CC1CCN(c2ccc(F)c(F)c2F)C1=O. The van der Waals surface area contributed by atoms with Crippen LogP contribution >= 0.6 is 0 Å². The van der Waals surface area contributed by atoms with Crippen molar-refractivity contribution in [2.24, 2.45) is 5.92 Å². The predicted molar refractivity (Wildman–Crippen MR) is 52.5 cm³/mol. The van der Waals surface area contributed by atoms with Gasteiger partial charge in [0.1, 0.15) is 0 Å². The van der Waals surface area contributed by atoms with Crippen LogP contribution in [0.25, 0.3) is 0 Å². The molecule has 0 spiro atoms. The molecule has 86 valence electrons. The largest absolute Gasteiger partial charge is 0.309 e. The van der Waals surface area contributed by atoms with Crippen LogP contribution in [0, 0.1) is 23.4 Å². The summed E-state index contributed by atoms with van der Waals surface area (Å²) < 4.78 is 39.1. The van der Waals surface area contributed by atoms with Crippen LogP contribution in [0.15, 0.2) is 12.1 Å². The third-order valence-electron chi connectivity index (χ3n) is 2.78. The molecule has 1 amide bonds. The van der Waals surface area contributed by atoms with E-state index >= 15 is 0 Å². The van der Waals surface area contributed by atoms with Gasteiger partial charge < -0.3 is 4.90 Å². The summed E-state index contributed by atoms with van der Waals surface area (Å²) in [6.07, 6.45) is 0.595. The Morgan fingerprint density at radius 3 is 2.50 bits per heavy atom. The molecule has 1 aromatic rings. The van der Waals surface area contributed by atoms with Gasteiger partial charge in [-0.05, 0) is 18.6 Å². The molecule has 1 aromatic carbocycles. The average Bonchev–Trinajstić information content (AvgIpc) is 2.58. The van der Waals surface area contributed by atoms with Crippen LogP contribution in [0.1, 0.15) is 13.3 Å². The van der Waals surface area contributed by atoms with Gasteiger partial charge in [0.2, 0.25) is 5.91 Å². The minimum atomic E-state index is -1.54. The molecule has 2 nitrogen and oxygen atoms in total. The lowest BCUT2D eigenvalue weighted by Crippen LogP contribution is -2.27. The van der Waals surface area contributed by atoms with Crippen molar-refractivity contribution >= 4 is 11.6 Å². The molecular formula is C11H10F3NO. The number of amides is 1. The van der Waals surface area contributed by atoms with Crippen molar-refractivity contribution in [2.45, 2.75) is 13.3 Å². The van der Waals surface area contributed by atoms with Crippen LogP contribution in [0.3, 0.4) is 0 Å². The van der Waals surface area contributed by atoms with E-state index in [0.717, 1.165) is 17.0 Å². The van der Waals surface area contributed by atoms with Crippen LogP contribution < -0.4 is 4.90 Å². The standard InChI is InChI=1S/C11H10F3NO/c1-6-4-5-15(11(6)16)8-3-2-7(12)9(13)10(8)14/h2-3,6H,4-5H2,1H3. The van der Waals surface area contributed by atoms with Gasteiger partial charge in [-0.1, -0.05) is 6.92 Å². The number of nitrogens with zero attached hydrogens (tertiary/aromatic N) is 1. The van der Waals surface area contributed by atoms with E-state index in [1.807, 2.05) is 0 Å². The lowest BCUT2D eigenvalue weighted by Gasteiger charge is -2.17. The van der Waals surface area contributed by atoms with Gasteiger partial charge in [-0.2, -0.15) is 0 Å². The summed E-state index contributed by atoms with van der Waals surface area (Å²) in [5.41, 5.74) is -0.187. The average molecular weight is 229 g/mol. The summed E-state index contributed by atoms with van der Waals surface area (Å²) in [4.78, 5) is 12.8. The smallest absolute Gasteiger partial charge is 0.229 e. The van der Waals surface area contributed by atoms with E-state index < -0.39 is 17.5 Å². The van der Waals surface area contributed by atoms with Crippen molar-refractivity contribution in [3.8, 4) is 0 Å². The van der Waals surface area contributed by atoms with Crippen LogP contribution in [0.2, 0.25) is 0 Å². The molecule has 5 heteroatoms. The van der Waals surface area contributed by atoms with Gasteiger partial charge in [0.15, 0.2) is 17.5 Å². The molecule has 1 heterocycles. The van der Waals surface area contributed by atoms with Gasteiger partial charge >= 0.3 is 0 Å². The number of carbonyl (C=O) groups is 1. The monoisotopic (exact) mass is 229 g/mol. The van der Waals surface area contributed by atoms with Crippen molar-refractivity contribution in [2.75, 3.05) is 11.4 Å². The summed E-state index contributed by atoms with van der Waals surface area (Å²) in [7, 11) is 0. The zero-order chi connectivity index (χ0) is 11.9. The zero-order valence-electron chi connectivity index (χ0n) is 8.64. The summed E-state index contributed by atoms with van der Waals surface area (Å²) in [6, 6.07) is 1.91. The van der Waals surface area contributed by atoms with Crippen LogP contribution in [0.4, 0.5) is 18.9 Å². The van der Waals surface area contributed by atoms with Gasteiger partial charge in [-0.15, -0.1) is 0 Å². The van der Waals surface area contributed by atoms with E-state index in [4.69, 9.17) is 0 Å². The van der Waals surface area contributed by atoms with Gasteiger partial charge in [0, 0.05) is 12.5 Å². The highest BCUT2D eigenvalue weighted by Crippen LogP contribution is 2.29. The normalized spacial score (nSPS) is 20.6. The molecular weight excluding hydrogens is 219 g/mol. The fraction of sp³-hybridized carbons (Fsp3) is 0.364. The Balaban J connectivity index is 2.42. The molecule has 16 heavy (non-hydrogen) atoms. The Hall–Kier alpha value is -1.52. The number of rotatable bonds is 1. The number of carbonyl (C=O) groups excluding carboxylic acids is 1. The first-order valence-electron chi connectivity index (χ1n) is 4.97. The topological polar surface area (TPSA) is 20.3 Å². The maximum Gasteiger partial charge on any atom is 0.229 e. The highest BCUT2D eigenvalue weighted by atomic mass is 19.2. The molecule has 1 aliphatic heterocycles. The number of hydrogen-bond donors (Lipinski definition) is 0. The van der Waals surface area contributed by atoms with E-state index in [1.165, 1.54) is 0 Å². The van der Waals surface area contributed by atoms with Crippen molar-refractivity contribution in [1.82, 2.24) is 0 Å². The van der Waals surface area contributed by atoms with E-state index in [9.17, 15) is 18.0 Å². The quantitative estimate of drug-likeness (QED) is 0.677. The van der Waals surface area contributed by atoms with E-state index in [-0.39, 0.29) is 17.5 Å². The van der Waals surface area contributed by atoms with Crippen LogP contribution in [0.5, 0.6) is 0 Å². The van der Waals surface area contributed by atoms with E-state index in [1.54, 1.807) is 6.92 Å². The molecule has 1 fully saturated rings. The lowest BCUT2D eigenvalue weighted by atomic mass is 10.1. The Morgan fingerprint density at radius 1 is 1.25 bits per heavy atom. The number of hydrogen-bond acceptors (Lipinski definition) is 1. The fourth-order valence-corrected chi connectivity index (χ4v) is 1.79. The molecule has 1 unspecified atom stereocenters. The molecule has 0 saturated carbocycles. The van der Waals surface area contributed by atoms with Crippen LogP contribution in [-0.4, -0.2) is 12.5 Å². The first-order chi connectivity index (χ1) is 7.52. The molecule has 1 aliphatic rings. The summed E-state index contributed by atoms with van der Waals surface area (Å²) in [5.74, 6) is -4.55. The second kappa shape index (κ2) is 3.81. The Kier molecular flexibility index (Phi) is 2.61. The molecule has 0 aliphatic carbocycles. The molecule has 1 atom stereocenters. The van der Waals surface area contributed by atoms with Crippen LogP contribution in [-0.2, 0) is 4.79 Å². The minimum Gasteiger partial charge on any atom is -0.309 e. The van der Waals surface area contributed by atoms with Gasteiger partial charge in [-0.3, -0.25) is 4.79 Å². The first kappa shape index (κ1) is 11.0. The molecule has 0 N–H and O–H groups in total. The summed E-state index contributed by atoms with van der Waals surface area (Å²) in [6.45, 7) is 2.06. The Bertz CT molecular complexity index is 447. The molecule has 2 rings (SSSR count). The second-order valence-corrected chi connectivity index (χ2v) is 3.87. The minimum absolute atomic E-state index is 0.187. The zero-order valence-corrected chi connectivity index (χ0v) is 8.64.